The Hall–Kier alpha value is -2.15. The fourth-order valence-electron chi connectivity index (χ4n) is 2.65. The van der Waals surface area contributed by atoms with Crippen LogP contribution in [0.5, 0.6) is 0 Å². The number of hydrogen-bond acceptors (Lipinski definition) is 5. The first-order chi connectivity index (χ1) is 10.2. The first-order valence-electron chi connectivity index (χ1n) is 7.31. The van der Waals surface area contributed by atoms with Crippen LogP contribution in [0.25, 0.3) is 11.0 Å². The van der Waals surface area contributed by atoms with Crippen molar-refractivity contribution in [2.75, 3.05) is 31.1 Å². The molecule has 112 valence electrons. The fourth-order valence-corrected chi connectivity index (χ4v) is 2.65. The Morgan fingerprint density at radius 3 is 2.90 bits per heavy atom. The molecule has 21 heavy (non-hydrogen) atoms. The van der Waals surface area contributed by atoms with E-state index in [1.54, 1.807) is 0 Å². The molecule has 1 aliphatic rings. The minimum Gasteiger partial charge on any atom is -0.370 e. The number of amides is 1. The molecule has 2 aromatic rings. The highest BCUT2D eigenvalue weighted by Crippen LogP contribution is 2.21. The smallest absolute Gasteiger partial charge is 0.217 e. The van der Waals surface area contributed by atoms with Gasteiger partial charge in [-0.15, -0.1) is 5.10 Å². The van der Waals surface area contributed by atoms with E-state index in [4.69, 9.17) is 5.73 Å². The number of hydrogen-bond donors (Lipinski definition) is 2. The lowest BCUT2D eigenvalue weighted by atomic mass is 10.2. The molecule has 1 fully saturated rings. The summed E-state index contributed by atoms with van der Waals surface area (Å²) in [5.41, 5.74) is 8.23. The molecule has 7 heteroatoms. The van der Waals surface area contributed by atoms with Gasteiger partial charge in [-0.25, -0.2) is 4.68 Å². The molecular weight excluding hydrogens is 268 g/mol. The average molecular weight is 288 g/mol. The largest absolute Gasteiger partial charge is 0.370 e. The number of piperazine rings is 1. The second-order valence-electron chi connectivity index (χ2n) is 5.29. The number of carbonyl (C=O) groups is 1. The lowest BCUT2D eigenvalue weighted by Gasteiger charge is -2.29. The van der Waals surface area contributed by atoms with Crippen LogP contribution in [0.1, 0.15) is 12.8 Å². The van der Waals surface area contributed by atoms with Crippen molar-refractivity contribution < 1.29 is 4.79 Å². The van der Waals surface area contributed by atoms with Gasteiger partial charge in [-0.2, -0.15) is 0 Å². The van der Waals surface area contributed by atoms with Gasteiger partial charge in [0.25, 0.3) is 0 Å². The van der Waals surface area contributed by atoms with Gasteiger partial charge >= 0.3 is 0 Å². The molecule has 2 heterocycles. The van der Waals surface area contributed by atoms with Crippen LogP contribution in [0.15, 0.2) is 18.2 Å². The molecule has 1 amide bonds. The number of aromatic nitrogens is 3. The number of carbonyl (C=O) groups excluding carboxylic acids is 1. The van der Waals surface area contributed by atoms with Crippen LogP contribution >= 0.6 is 0 Å². The van der Waals surface area contributed by atoms with E-state index in [9.17, 15) is 4.79 Å². The fraction of sp³-hybridized carbons (Fsp3) is 0.500. The summed E-state index contributed by atoms with van der Waals surface area (Å²) in [7, 11) is 0. The van der Waals surface area contributed by atoms with Crippen molar-refractivity contribution in [3.8, 4) is 0 Å². The molecule has 1 aliphatic heterocycles. The van der Waals surface area contributed by atoms with Crippen molar-refractivity contribution in [3.05, 3.63) is 18.2 Å². The molecule has 1 aromatic heterocycles. The summed E-state index contributed by atoms with van der Waals surface area (Å²) in [4.78, 5) is 13.1. The number of nitrogens with one attached hydrogen (secondary N) is 1. The van der Waals surface area contributed by atoms with Gasteiger partial charge in [0.2, 0.25) is 5.91 Å². The Balaban J connectivity index is 1.75. The summed E-state index contributed by atoms with van der Waals surface area (Å²) in [6, 6.07) is 6.25. The van der Waals surface area contributed by atoms with Crippen LogP contribution in [-0.4, -0.2) is 47.1 Å². The molecule has 0 radical (unpaired) electrons. The quantitative estimate of drug-likeness (QED) is 0.815. The summed E-state index contributed by atoms with van der Waals surface area (Å²) in [5, 5.41) is 11.7. The van der Waals surface area contributed by atoms with E-state index >= 15 is 0 Å². The van der Waals surface area contributed by atoms with Gasteiger partial charge in [0, 0.05) is 44.8 Å². The molecule has 1 saturated heterocycles. The minimum absolute atomic E-state index is 0.277. The third-order valence-corrected chi connectivity index (χ3v) is 3.77. The van der Waals surface area contributed by atoms with E-state index in [0.29, 0.717) is 19.4 Å². The van der Waals surface area contributed by atoms with Gasteiger partial charge < -0.3 is 16.0 Å². The molecule has 0 aliphatic carbocycles. The molecule has 3 N–H and O–H groups in total. The number of fused-ring (bicyclic) bond motifs is 1. The summed E-state index contributed by atoms with van der Waals surface area (Å²) in [5.74, 6) is -0.277. The Labute approximate surface area is 123 Å². The summed E-state index contributed by atoms with van der Waals surface area (Å²) in [6.45, 7) is 4.71. The van der Waals surface area contributed by atoms with Crippen molar-refractivity contribution in [1.82, 2.24) is 20.3 Å². The van der Waals surface area contributed by atoms with Gasteiger partial charge in [0.15, 0.2) is 0 Å². The maximum Gasteiger partial charge on any atom is 0.217 e. The van der Waals surface area contributed by atoms with E-state index in [0.717, 1.165) is 37.2 Å². The number of aryl methyl sites for hydroxylation is 1. The van der Waals surface area contributed by atoms with Crippen LogP contribution in [0.2, 0.25) is 0 Å². The maximum absolute atomic E-state index is 10.8. The summed E-state index contributed by atoms with van der Waals surface area (Å²) in [6.07, 6.45) is 1.06. The van der Waals surface area contributed by atoms with Crippen molar-refractivity contribution in [1.29, 1.82) is 0 Å². The van der Waals surface area contributed by atoms with Crippen LogP contribution in [0.3, 0.4) is 0 Å². The zero-order valence-electron chi connectivity index (χ0n) is 12.0. The van der Waals surface area contributed by atoms with Crippen molar-refractivity contribution >= 4 is 22.6 Å². The molecule has 0 saturated carbocycles. The van der Waals surface area contributed by atoms with Crippen molar-refractivity contribution in [3.63, 3.8) is 0 Å². The predicted molar refractivity (Wildman–Crippen MR) is 81.0 cm³/mol. The second-order valence-corrected chi connectivity index (χ2v) is 5.29. The van der Waals surface area contributed by atoms with Gasteiger partial charge in [-0.1, -0.05) is 5.21 Å². The summed E-state index contributed by atoms with van der Waals surface area (Å²) >= 11 is 0. The molecular formula is C14H20N6O. The van der Waals surface area contributed by atoms with Gasteiger partial charge in [-0.05, 0) is 24.6 Å². The summed E-state index contributed by atoms with van der Waals surface area (Å²) < 4.78 is 1.83. The lowest BCUT2D eigenvalue weighted by molar-refractivity contribution is -0.118. The number of nitrogens with zero attached hydrogens (tertiary/aromatic N) is 4. The van der Waals surface area contributed by atoms with Crippen LogP contribution in [0.4, 0.5) is 5.69 Å². The Kier molecular flexibility index (Phi) is 4.01. The number of anilines is 1. The van der Waals surface area contributed by atoms with Crippen LogP contribution in [0, 0.1) is 0 Å². The molecule has 0 unspecified atom stereocenters. The third kappa shape index (κ3) is 3.13. The molecule has 3 rings (SSSR count). The standard InChI is InChI=1S/C14H20N6O/c15-14(21)2-1-7-20-13-4-3-11(10-12(13)17-18-20)19-8-5-16-6-9-19/h3-4,10,16H,1-2,5-9H2,(H2,15,21). The van der Waals surface area contributed by atoms with Gasteiger partial charge in [-0.3, -0.25) is 4.79 Å². The zero-order chi connectivity index (χ0) is 14.7. The van der Waals surface area contributed by atoms with Crippen LogP contribution < -0.4 is 16.0 Å². The maximum atomic E-state index is 10.8. The zero-order valence-corrected chi connectivity index (χ0v) is 12.0. The van der Waals surface area contributed by atoms with E-state index < -0.39 is 0 Å². The molecule has 0 spiro atoms. The van der Waals surface area contributed by atoms with Crippen molar-refractivity contribution in [2.45, 2.75) is 19.4 Å². The van der Waals surface area contributed by atoms with E-state index in [2.05, 4.69) is 38.7 Å². The second kappa shape index (κ2) is 6.09. The molecule has 7 nitrogen and oxygen atoms in total. The first kappa shape index (κ1) is 13.8. The SMILES string of the molecule is NC(=O)CCCn1nnc2cc(N3CCNCC3)ccc21. The van der Waals surface area contributed by atoms with Gasteiger partial charge in [0.1, 0.15) is 5.52 Å². The minimum atomic E-state index is -0.277. The predicted octanol–water partition coefficient (Wildman–Crippen LogP) is 0.106. The Morgan fingerprint density at radius 2 is 2.14 bits per heavy atom. The van der Waals surface area contributed by atoms with E-state index in [-0.39, 0.29) is 5.91 Å². The number of primary amides is 1. The highest BCUT2D eigenvalue weighted by Gasteiger charge is 2.12. The molecule has 0 atom stereocenters. The highest BCUT2D eigenvalue weighted by atomic mass is 16.1. The van der Waals surface area contributed by atoms with Crippen molar-refractivity contribution in [2.24, 2.45) is 5.73 Å². The normalized spacial score (nSPS) is 15.5. The number of benzene rings is 1. The third-order valence-electron chi connectivity index (χ3n) is 3.77. The lowest BCUT2D eigenvalue weighted by Crippen LogP contribution is -2.43. The first-order valence-corrected chi connectivity index (χ1v) is 7.31. The van der Waals surface area contributed by atoms with E-state index in [1.807, 2.05) is 4.68 Å². The number of nitrogens with two attached hydrogens (primary N) is 1. The topological polar surface area (TPSA) is 89.1 Å². The Bertz CT molecular complexity index is 631. The molecule has 0 bridgehead atoms. The average Bonchev–Trinajstić information content (AvgIpc) is 2.90. The van der Waals surface area contributed by atoms with Crippen LogP contribution in [-0.2, 0) is 11.3 Å². The Morgan fingerprint density at radius 1 is 1.33 bits per heavy atom. The number of rotatable bonds is 5. The van der Waals surface area contributed by atoms with Gasteiger partial charge in [0.05, 0.1) is 5.52 Å². The highest BCUT2D eigenvalue weighted by molar-refractivity contribution is 5.79. The monoisotopic (exact) mass is 288 g/mol. The van der Waals surface area contributed by atoms with E-state index in [1.165, 1.54) is 5.69 Å². The molecule has 1 aromatic carbocycles.